The first-order valence-electron chi connectivity index (χ1n) is 9.30. The van der Waals surface area contributed by atoms with E-state index in [4.69, 9.17) is 9.47 Å². The summed E-state index contributed by atoms with van der Waals surface area (Å²) in [5.74, 6) is -0.404. The van der Waals surface area contributed by atoms with Gasteiger partial charge in [-0.2, -0.15) is 0 Å². The number of hydrogen-bond acceptors (Lipinski definition) is 5. The highest BCUT2D eigenvalue weighted by Gasteiger charge is 2.16. The molecular formula is C24H22O6. The molecule has 0 aliphatic heterocycles. The van der Waals surface area contributed by atoms with Crippen LogP contribution < -0.4 is 9.47 Å². The minimum atomic E-state index is -1.06. The van der Waals surface area contributed by atoms with Gasteiger partial charge in [-0.05, 0) is 34.9 Å². The lowest BCUT2D eigenvalue weighted by Gasteiger charge is -2.12. The predicted molar refractivity (Wildman–Crippen MR) is 112 cm³/mol. The molecule has 0 saturated heterocycles. The van der Waals surface area contributed by atoms with Crippen LogP contribution in [0.25, 0.3) is 11.1 Å². The Balaban J connectivity index is 1.68. The summed E-state index contributed by atoms with van der Waals surface area (Å²) in [4.78, 5) is 22.9. The van der Waals surface area contributed by atoms with Gasteiger partial charge in [0.2, 0.25) is 0 Å². The van der Waals surface area contributed by atoms with Crippen molar-refractivity contribution in [2.45, 2.75) is 13.0 Å². The summed E-state index contributed by atoms with van der Waals surface area (Å²) in [6.45, 7) is 0.112. The van der Waals surface area contributed by atoms with E-state index in [0.29, 0.717) is 17.1 Å². The van der Waals surface area contributed by atoms with Crippen molar-refractivity contribution in [1.29, 1.82) is 0 Å². The van der Waals surface area contributed by atoms with Crippen LogP contribution in [0.3, 0.4) is 0 Å². The first kappa shape index (κ1) is 20.9. The summed E-state index contributed by atoms with van der Waals surface area (Å²) in [5.41, 5.74) is 3.53. The highest BCUT2D eigenvalue weighted by Crippen LogP contribution is 2.26. The van der Waals surface area contributed by atoms with Crippen molar-refractivity contribution in [3.63, 3.8) is 0 Å². The molecule has 0 aliphatic rings. The number of carbonyl (C=O) groups is 2. The molecule has 0 amide bonds. The van der Waals surface area contributed by atoms with Crippen LogP contribution in [0.2, 0.25) is 0 Å². The molecule has 3 aromatic rings. The largest absolute Gasteiger partial charge is 0.496 e. The second-order valence-electron chi connectivity index (χ2n) is 6.56. The molecule has 0 aromatic heterocycles. The third kappa shape index (κ3) is 4.97. The zero-order valence-corrected chi connectivity index (χ0v) is 16.8. The van der Waals surface area contributed by atoms with E-state index >= 15 is 0 Å². The Kier molecular flexibility index (Phi) is 6.70. The molecule has 3 rings (SSSR count). The van der Waals surface area contributed by atoms with Gasteiger partial charge in [-0.15, -0.1) is 0 Å². The van der Waals surface area contributed by atoms with Crippen LogP contribution in [-0.4, -0.2) is 31.3 Å². The van der Waals surface area contributed by atoms with Crippen molar-refractivity contribution >= 4 is 11.9 Å². The van der Waals surface area contributed by atoms with Gasteiger partial charge in [0, 0.05) is 5.56 Å². The fourth-order valence-corrected chi connectivity index (χ4v) is 3.07. The number of carbonyl (C=O) groups excluding carboxylic acids is 1. The van der Waals surface area contributed by atoms with Crippen LogP contribution in [0.4, 0.5) is 0 Å². The van der Waals surface area contributed by atoms with Crippen molar-refractivity contribution < 1.29 is 28.9 Å². The first-order valence-corrected chi connectivity index (χ1v) is 9.30. The molecule has 6 nitrogen and oxygen atoms in total. The lowest BCUT2D eigenvalue weighted by atomic mass is 10.0. The average molecular weight is 406 g/mol. The summed E-state index contributed by atoms with van der Waals surface area (Å²) in [6.07, 6.45) is 0.242. The van der Waals surface area contributed by atoms with Crippen molar-refractivity contribution in [1.82, 2.24) is 0 Å². The maximum absolute atomic E-state index is 11.6. The van der Waals surface area contributed by atoms with Crippen LogP contribution >= 0.6 is 0 Å². The van der Waals surface area contributed by atoms with Crippen LogP contribution in [-0.2, 0) is 22.6 Å². The number of rotatable bonds is 8. The smallest absolute Gasteiger partial charge is 0.339 e. The van der Waals surface area contributed by atoms with Gasteiger partial charge in [0.1, 0.15) is 23.7 Å². The van der Waals surface area contributed by atoms with Gasteiger partial charge < -0.3 is 19.3 Å². The van der Waals surface area contributed by atoms with Crippen LogP contribution in [0, 0.1) is 0 Å². The van der Waals surface area contributed by atoms with E-state index in [2.05, 4.69) is 4.74 Å². The molecule has 154 valence electrons. The van der Waals surface area contributed by atoms with Crippen molar-refractivity contribution in [2.24, 2.45) is 0 Å². The molecule has 0 fully saturated rings. The van der Waals surface area contributed by atoms with Gasteiger partial charge in [-0.25, -0.2) is 4.79 Å². The van der Waals surface area contributed by atoms with Crippen LogP contribution in [0.5, 0.6) is 11.5 Å². The van der Waals surface area contributed by atoms with E-state index < -0.39 is 5.97 Å². The van der Waals surface area contributed by atoms with E-state index in [-0.39, 0.29) is 24.6 Å². The minimum absolute atomic E-state index is 0.101. The molecule has 0 heterocycles. The third-order valence-electron chi connectivity index (χ3n) is 4.66. The molecule has 1 N–H and O–H groups in total. The Morgan fingerprint density at radius 1 is 0.867 bits per heavy atom. The number of esters is 1. The topological polar surface area (TPSA) is 82.1 Å². The van der Waals surface area contributed by atoms with Gasteiger partial charge >= 0.3 is 11.9 Å². The van der Waals surface area contributed by atoms with Gasteiger partial charge in [-0.1, -0.05) is 48.5 Å². The summed E-state index contributed by atoms with van der Waals surface area (Å²) in [7, 11) is 2.81. The maximum Gasteiger partial charge on any atom is 0.339 e. The molecule has 0 atom stereocenters. The lowest BCUT2D eigenvalue weighted by molar-refractivity contribution is -0.139. The number of aromatic carboxylic acids is 1. The first-order chi connectivity index (χ1) is 14.5. The zero-order valence-electron chi connectivity index (χ0n) is 16.8. The molecule has 6 heteroatoms. The molecule has 0 saturated carbocycles. The van der Waals surface area contributed by atoms with Crippen LogP contribution in [0.15, 0.2) is 66.7 Å². The van der Waals surface area contributed by atoms with E-state index in [9.17, 15) is 14.7 Å². The fourth-order valence-electron chi connectivity index (χ4n) is 3.07. The number of carboxylic acids is 1. The monoisotopic (exact) mass is 406 g/mol. The number of ether oxygens (including phenoxy) is 3. The molecule has 30 heavy (non-hydrogen) atoms. The minimum Gasteiger partial charge on any atom is -0.496 e. The molecule has 0 aliphatic carbocycles. The van der Waals surface area contributed by atoms with E-state index in [1.807, 2.05) is 48.5 Å². The van der Waals surface area contributed by atoms with Crippen LogP contribution in [0.1, 0.15) is 21.5 Å². The Morgan fingerprint density at radius 2 is 1.50 bits per heavy atom. The second kappa shape index (κ2) is 9.60. The van der Waals surface area contributed by atoms with Crippen molar-refractivity contribution in [3.05, 3.63) is 83.4 Å². The molecule has 0 spiro atoms. The predicted octanol–water partition coefficient (Wildman–Crippen LogP) is 4.35. The maximum atomic E-state index is 11.6. The summed E-state index contributed by atoms with van der Waals surface area (Å²) in [5, 5.41) is 9.46. The zero-order chi connectivity index (χ0) is 21.5. The quantitative estimate of drug-likeness (QED) is 0.560. The fraction of sp³-hybridized carbons (Fsp3) is 0.167. The number of benzene rings is 3. The van der Waals surface area contributed by atoms with Gasteiger partial charge in [-0.3, -0.25) is 4.79 Å². The van der Waals surface area contributed by atoms with E-state index in [1.54, 1.807) is 18.2 Å². The summed E-state index contributed by atoms with van der Waals surface area (Å²) >= 11 is 0. The molecule has 0 bridgehead atoms. The Morgan fingerprint density at radius 3 is 2.07 bits per heavy atom. The normalized spacial score (nSPS) is 10.3. The van der Waals surface area contributed by atoms with E-state index in [0.717, 1.165) is 16.7 Å². The highest BCUT2D eigenvalue weighted by atomic mass is 16.5. The summed E-state index contributed by atoms with van der Waals surface area (Å²) < 4.78 is 15.6. The standard InChI is InChI=1S/C24H22O6/c1-28-21-5-3-4-19(23(21)24(26)27)15-30-20-12-10-18(11-13-20)17-8-6-16(7-9-17)14-22(25)29-2/h3-13H,14-15H2,1-2H3,(H,26,27). The number of carboxylic acid groups (broad SMARTS) is 1. The molecule has 3 aromatic carbocycles. The highest BCUT2D eigenvalue weighted by molar-refractivity contribution is 5.92. The van der Waals surface area contributed by atoms with Crippen molar-refractivity contribution in [3.8, 4) is 22.6 Å². The second-order valence-corrected chi connectivity index (χ2v) is 6.56. The lowest BCUT2D eigenvalue weighted by Crippen LogP contribution is -2.08. The van der Waals surface area contributed by atoms with Crippen molar-refractivity contribution in [2.75, 3.05) is 14.2 Å². The Bertz CT molecular complexity index is 1020. The summed E-state index contributed by atoms with van der Waals surface area (Å²) in [6, 6.07) is 20.2. The Hall–Kier alpha value is -3.80. The van der Waals surface area contributed by atoms with Gasteiger partial charge in [0.25, 0.3) is 0 Å². The Labute approximate surface area is 174 Å². The molecule has 0 unspecified atom stereocenters. The molecular weight excluding hydrogens is 384 g/mol. The number of methoxy groups -OCH3 is 2. The number of hydrogen-bond donors (Lipinski definition) is 1. The van der Waals surface area contributed by atoms with Gasteiger partial charge in [0.15, 0.2) is 0 Å². The molecule has 0 radical (unpaired) electrons. The third-order valence-corrected chi connectivity index (χ3v) is 4.66. The van der Waals surface area contributed by atoms with E-state index in [1.165, 1.54) is 14.2 Å². The average Bonchev–Trinajstić information content (AvgIpc) is 2.78. The SMILES string of the molecule is COC(=O)Cc1ccc(-c2ccc(OCc3cccc(OC)c3C(=O)O)cc2)cc1. The van der Waals surface area contributed by atoms with Gasteiger partial charge in [0.05, 0.1) is 20.6 Å².